The Kier molecular flexibility index (Phi) is 6.91. The summed E-state index contributed by atoms with van der Waals surface area (Å²) < 4.78 is 7.12. The largest absolute Gasteiger partial charge is 0.481 e. The number of fused-ring (bicyclic) bond motifs is 3. The molecule has 9 nitrogen and oxygen atoms in total. The molecule has 1 heterocycles. The number of benzene rings is 2. The Hall–Kier alpha value is -4.14. The zero-order valence-corrected chi connectivity index (χ0v) is 18.7. The van der Waals surface area contributed by atoms with Gasteiger partial charge in [-0.1, -0.05) is 48.5 Å². The van der Waals surface area contributed by atoms with Crippen molar-refractivity contribution in [3.8, 4) is 11.1 Å². The number of carboxylic acids is 1. The standard InChI is InChI=1S/C25H26N4O5/c1-29-16(12-13-27-29)14-26-24(32)22(10-11-23(30)31)28-25(33)34-15-21-19-8-4-2-6-17(19)18-7-3-5-9-20(18)21/h2-9,12-13,21-22H,10-11,14-15H2,1H3,(H,26,32)(H,28,33)(H,30,31). The molecule has 176 valence electrons. The van der Waals surface area contributed by atoms with Crippen molar-refractivity contribution in [1.29, 1.82) is 0 Å². The number of aliphatic carboxylic acids is 1. The first kappa shape index (κ1) is 23.0. The van der Waals surface area contributed by atoms with Crippen LogP contribution >= 0.6 is 0 Å². The molecule has 3 aromatic rings. The second kappa shape index (κ2) is 10.2. The summed E-state index contributed by atoms with van der Waals surface area (Å²) in [5, 5.41) is 18.3. The molecule has 2 aromatic carbocycles. The summed E-state index contributed by atoms with van der Waals surface area (Å²) >= 11 is 0. The summed E-state index contributed by atoms with van der Waals surface area (Å²) in [6, 6.07) is 16.7. The predicted molar refractivity (Wildman–Crippen MR) is 124 cm³/mol. The van der Waals surface area contributed by atoms with Crippen LogP contribution in [0.4, 0.5) is 4.79 Å². The van der Waals surface area contributed by atoms with Crippen LogP contribution in [-0.4, -0.2) is 45.5 Å². The third kappa shape index (κ3) is 5.09. The Bertz CT molecular complexity index is 1160. The highest BCUT2D eigenvalue weighted by Crippen LogP contribution is 2.44. The third-order valence-corrected chi connectivity index (χ3v) is 5.97. The minimum atomic E-state index is -1.06. The van der Waals surface area contributed by atoms with Crippen molar-refractivity contribution >= 4 is 18.0 Å². The molecule has 0 saturated heterocycles. The van der Waals surface area contributed by atoms with E-state index >= 15 is 0 Å². The summed E-state index contributed by atoms with van der Waals surface area (Å²) in [4.78, 5) is 36.3. The SMILES string of the molecule is Cn1nccc1CNC(=O)C(CCC(=O)O)NC(=O)OCC1c2ccccc2-c2ccccc21. The van der Waals surface area contributed by atoms with Crippen molar-refractivity contribution in [2.75, 3.05) is 6.61 Å². The molecule has 1 aliphatic rings. The molecular weight excluding hydrogens is 436 g/mol. The second-order valence-corrected chi connectivity index (χ2v) is 8.12. The van der Waals surface area contributed by atoms with Gasteiger partial charge in [-0.15, -0.1) is 0 Å². The molecule has 4 rings (SSSR count). The van der Waals surface area contributed by atoms with Gasteiger partial charge in [-0.3, -0.25) is 14.3 Å². The van der Waals surface area contributed by atoms with Crippen molar-refractivity contribution in [2.24, 2.45) is 7.05 Å². The Labute approximate surface area is 196 Å². The summed E-state index contributed by atoms with van der Waals surface area (Å²) in [6.45, 7) is 0.299. The van der Waals surface area contributed by atoms with Crippen LogP contribution in [0.25, 0.3) is 11.1 Å². The van der Waals surface area contributed by atoms with E-state index < -0.39 is 24.0 Å². The third-order valence-electron chi connectivity index (χ3n) is 5.97. The quantitative estimate of drug-likeness (QED) is 0.449. The van der Waals surface area contributed by atoms with E-state index in [1.807, 2.05) is 48.5 Å². The van der Waals surface area contributed by atoms with Crippen LogP contribution in [0.2, 0.25) is 0 Å². The van der Waals surface area contributed by atoms with Gasteiger partial charge in [-0.2, -0.15) is 5.10 Å². The highest BCUT2D eigenvalue weighted by molar-refractivity contribution is 5.86. The van der Waals surface area contributed by atoms with Gasteiger partial charge in [0, 0.05) is 25.6 Å². The number of alkyl carbamates (subject to hydrolysis) is 1. The minimum absolute atomic E-state index is 0.0588. The molecule has 1 atom stereocenters. The lowest BCUT2D eigenvalue weighted by Gasteiger charge is -2.19. The molecule has 0 saturated carbocycles. The van der Waals surface area contributed by atoms with E-state index in [2.05, 4.69) is 15.7 Å². The maximum absolute atomic E-state index is 12.7. The van der Waals surface area contributed by atoms with E-state index in [9.17, 15) is 14.4 Å². The lowest BCUT2D eigenvalue weighted by atomic mass is 9.98. The highest BCUT2D eigenvalue weighted by atomic mass is 16.5. The van der Waals surface area contributed by atoms with E-state index in [1.54, 1.807) is 24.0 Å². The van der Waals surface area contributed by atoms with Crippen molar-refractivity contribution in [1.82, 2.24) is 20.4 Å². The van der Waals surface area contributed by atoms with Gasteiger partial charge in [-0.05, 0) is 34.7 Å². The van der Waals surface area contributed by atoms with Gasteiger partial charge in [0.2, 0.25) is 5.91 Å². The van der Waals surface area contributed by atoms with Gasteiger partial charge in [0.15, 0.2) is 0 Å². The molecular formula is C25H26N4O5. The van der Waals surface area contributed by atoms with Gasteiger partial charge in [0.05, 0.1) is 12.2 Å². The van der Waals surface area contributed by atoms with Gasteiger partial charge in [0.25, 0.3) is 0 Å². The molecule has 0 spiro atoms. The average molecular weight is 463 g/mol. The van der Waals surface area contributed by atoms with Gasteiger partial charge in [0.1, 0.15) is 12.6 Å². The first-order chi connectivity index (χ1) is 16.4. The zero-order valence-electron chi connectivity index (χ0n) is 18.7. The van der Waals surface area contributed by atoms with Crippen LogP contribution in [-0.2, 0) is 27.9 Å². The van der Waals surface area contributed by atoms with Crippen molar-refractivity contribution in [3.05, 3.63) is 77.6 Å². The Morgan fingerprint density at radius 3 is 2.29 bits per heavy atom. The van der Waals surface area contributed by atoms with Crippen LogP contribution in [0.3, 0.4) is 0 Å². The summed E-state index contributed by atoms with van der Waals surface area (Å²) in [5.74, 6) is -1.66. The Morgan fingerprint density at radius 1 is 1.06 bits per heavy atom. The van der Waals surface area contributed by atoms with Crippen LogP contribution in [0.15, 0.2) is 60.8 Å². The van der Waals surface area contributed by atoms with E-state index in [4.69, 9.17) is 9.84 Å². The van der Waals surface area contributed by atoms with E-state index in [-0.39, 0.29) is 31.9 Å². The number of aryl methyl sites for hydroxylation is 1. The number of hydrogen-bond donors (Lipinski definition) is 3. The van der Waals surface area contributed by atoms with E-state index in [0.29, 0.717) is 0 Å². The molecule has 3 N–H and O–H groups in total. The summed E-state index contributed by atoms with van der Waals surface area (Å²) in [6.07, 6.45) is 0.510. The number of ether oxygens (including phenoxy) is 1. The number of carboxylic acid groups (broad SMARTS) is 1. The second-order valence-electron chi connectivity index (χ2n) is 8.12. The Balaban J connectivity index is 1.39. The van der Waals surface area contributed by atoms with Crippen LogP contribution in [0, 0.1) is 0 Å². The van der Waals surface area contributed by atoms with Crippen LogP contribution in [0.5, 0.6) is 0 Å². The molecule has 1 aromatic heterocycles. The monoisotopic (exact) mass is 462 g/mol. The van der Waals surface area contributed by atoms with E-state index in [0.717, 1.165) is 27.9 Å². The summed E-state index contributed by atoms with van der Waals surface area (Å²) in [5.41, 5.74) is 5.15. The summed E-state index contributed by atoms with van der Waals surface area (Å²) in [7, 11) is 1.75. The predicted octanol–water partition coefficient (Wildman–Crippen LogP) is 2.81. The Morgan fingerprint density at radius 2 is 1.71 bits per heavy atom. The van der Waals surface area contributed by atoms with Gasteiger partial charge >= 0.3 is 12.1 Å². The molecule has 9 heteroatoms. The molecule has 0 radical (unpaired) electrons. The van der Waals surface area contributed by atoms with Crippen LogP contribution in [0.1, 0.15) is 35.6 Å². The number of nitrogens with one attached hydrogen (secondary N) is 2. The fourth-order valence-electron chi connectivity index (χ4n) is 4.19. The van der Waals surface area contributed by atoms with Crippen molar-refractivity contribution in [2.45, 2.75) is 31.3 Å². The molecule has 1 aliphatic carbocycles. The number of aromatic nitrogens is 2. The number of hydrogen-bond acceptors (Lipinski definition) is 5. The van der Waals surface area contributed by atoms with Crippen LogP contribution < -0.4 is 10.6 Å². The molecule has 0 fully saturated rings. The smallest absolute Gasteiger partial charge is 0.407 e. The number of nitrogens with zero attached hydrogens (tertiary/aromatic N) is 2. The van der Waals surface area contributed by atoms with Gasteiger partial charge in [-0.25, -0.2) is 4.79 Å². The topological polar surface area (TPSA) is 123 Å². The number of rotatable bonds is 9. The lowest BCUT2D eigenvalue weighted by molar-refractivity contribution is -0.137. The van der Waals surface area contributed by atoms with Crippen molar-refractivity contribution in [3.63, 3.8) is 0 Å². The van der Waals surface area contributed by atoms with Crippen molar-refractivity contribution < 1.29 is 24.2 Å². The molecule has 34 heavy (non-hydrogen) atoms. The normalized spacial score (nSPS) is 13.0. The number of carbonyl (C=O) groups excluding carboxylic acids is 2. The molecule has 0 aliphatic heterocycles. The maximum Gasteiger partial charge on any atom is 0.407 e. The molecule has 0 bridgehead atoms. The zero-order chi connectivity index (χ0) is 24.1. The minimum Gasteiger partial charge on any atom is -0.481 e. The highest BCUT2D eigenvalue weighted by Gasteiger charge is 2.30. The lowest BCUT2D eigenvalue weighted by Crippen LogP contribution is -2.47. The number of amides is 2. The first-order valence-electron chi connectivity index (χ1n) is 11.0. The maximum atomic E-state index is 12.7. The molecule has 1 unspecified atom stereocenters. The van der Waals surface area contributed by atoms with E-state index in [1.165, 1.54) is 0 Å². The number of carbonyl (C=O) groups is 3. The first-order valence-corrected chi connectivity index (χ1v) is 11.0. The fourth-order valence-corrected chi connectivity index (χ4v) is 4.19. The average Bonchev–Trinajstić information content (AvgIpc) is 3.39. The van der Waals surface area contributed by atoms with Gasteiger partial charge < -0.3 is 20.5 Å². The fraction of sp³-hybridized carbons (Fsp3) is 0.280. The molecule has 2 amide bonds.